The van der Waals surface area contributed by atoms with Crippen LogP contribution in [-0.2, 0) is 19.1 Å². The lowest BCUT2D eigenvalue weighted by Crippen LogP contribution is -2.34. The van der Waals surface area contributed by atoms with Crippen LogP contribution in [0.15, 0.2) is 53.9 Å². The summed E-state index contributed by atoms with van der Waals surface area (Å²) in [7, 11) is 2.53. The van der Waals surface area contributed by atoms with Crippen molar-refractivity contribution in [2.75, 3.05) is 19.1 Å². The zero-order chi connectivity index (χ0) is 19.7. The fraction of sp³-hybridized carbons (Fsp3) is 0.333. The number of fused-ring (bicyclic) bond motifs is 1. The van der Waals surface area contributed by atoms with E-state index in [9.17, 15) is 9.59 Å². The number of carbonyl (C=O) groups excluding carboxylic acids is 2. The molecule has 0 amide bonds. The lowest BCUT2D eigenvalue weighted by Gasteiger charge is -2.23. The molecule has 0 aromatic heterocycles. The van der Waals surface area contributed by atoms with Crippen LogP contribution in [0.4, 0.5) is 5.69 Å². The monoisotopic (exact) mass is 383 g/mol. The van der Waals surface area contributed by atoms with Gasteiger partial charge in [0.25, 0.3) is 5.79 Å². The highest BCUT2D eigenvalue weighted by Gasteiger charge is 2.44. The Morgan fingerprint density at radius 1 is 1.00 bits per heavy atom. The van der Waals surface area contributed by atoms with E-state index in [0.717, 1.165) is 25.7 Å². The molecule has 28 heavy (non-hydrogen) atoms. The Bertz CT molecular complexity index is 907. The van der Waals surface area contributed by atoms with Gasteiger partial charge in [0.1, 0.15) is 5.70 Å². The molecular weight excluding hydrogens is 362 g/mol. The molecule has 0 radical (unpaired) electrons. The number of methoxy groups -OCH3 is 2. The summed E-state index contributed by atoms with van der Waals surface area (Å²) in [5.74, 6) is -0.555. The average Bonchev–Trinajstić information content (AvgIpc) is 3.24. The Balaban J connectivity index is 1.75. The van der Waals surface area contributed by atoms with Crippen molar-refractivity contribution in [1.82, 2.24) is 0 Å². The summed E-state index contributed by atoms with van der Waals surface area (Å²) in [5.41, 5.74) is 0.803. The van der Waals surface area contributed by atoms with Crippen LogP contribution in [0.25, 0.3) is 0 Å². The molecule has 7 nitrogen and oxygen atoms in total. The molecular formula is C21H21NO6. The number of carbonyl (C=O) groups is 2. The van der Waals surface area contributed by atoms with Gasteiger partial charge in [-0.1, -0.05) is 6.08 Å². The first kappa shape index (κ1) is 18.2. The maximum Gasteiger partial charge on any atom is 0.355 e. The molecule has 1 fully saturated rings. The van der Waals surface area contributed by atoms with Crippen LogP contribution in [0.5, 0.6) is 11.5 Å². The fourth-order valence-electron chi connectivity index (χ4n) is 3.72. The smallest absolute Gasteiger partial charge is 0.355 e. The summed E-state index contributed by atoms with van der Waals surface area (Å²) in [5, 5.41) is 0. The number of hydrogen-bond donors (Lipinski definition) is 0. The number of esters is 2. The molecule has 0 saturated heterocycles. The van der Waals surface area contributed by atoms with Gasteiger partial charge in [-0.15, -0.1) is 0 Å². The van der Waals surface area contributed by atoms with E-state index in [0.29, 0.717) is 17.2 Å². The van der Waals surface area contributed by atoms with Crippen molar-refractivity contribution >= 4 is 17.6 Å². The molecule has 1 spiro atoms. The highest BCUT2D eigenvalue weighted by Crippen LogP contribution is 2.48. The zero-order valence-corrected chi connectivity index (χ0v) is 15.8. The third-order valence-electron chi connectivity index (χ3n) is 5.05. The van der Waals surface area contributed by atoms with E-state index in [-0.39, 0.29) is 11.3 Å². The minimum absolute atomic E-state index is 0.0637. The first-order chi connectivity index (χ1) is 13.6. The van der Waals surface area contributed by atoms with Gasteiger partial charge in [0.05, 0.1) is 19.8 Å². The second-order valence-electron chi connectivity index (χ2n) is 6.77. The predicted octanol–water partition coefficient (Wildman–Crippen LogP) is 3.22. The van der Waals surface area contributed by atoms with Crippen LogP contribution >= 0.6 is 0 Å². The molecule has 2 heterocycles. The Kier molecular flexibility index (Phi) is 4.58. The van der Waals surface area contributed by atoms with Crippen LogP contribution < -0.4 is 14.4 Å². The van der Waals surface area contributed by atoms with Gasteiger partial charge in [-0.05, 0) is 37.1 Å². The van der Waals surface area contributed by atoms with Crippen LogP contribution in [0, 0.1) is 0 Å². The Hall–Kier alpha value is -3.22. The molecule has 1 aromatic rings. The molecule has 0 unspecified atom stereocenters. The molecule has 4 rings (SSSR count). The largest absolute Gasteiger partial charge is 0.465 e. The van der Waals surface area contributed by atoms with Crippen molar-refractivity contribution in [2.45, 2.75) is 31.5 Å². The van der Waals surface area contributed by atoms with E-state index in [1.807, 2.05) is 12.1 Å². The van der Waals surface area contributed by atoms with Gasteiger partial charge >= 0.3 is 11.9 Å². The molecule has 3 aliphatic rings. The predicted molar refractivity (Wildman–Crippen MR) is 101 cm³/mol. The van der Waals surface area contributed by atoms with Crippen LogP contribution in [0.2, 0.25) is 0 Å². The number of ether oxygens (including phenoxy) is 4. The van der Waals surface area contributed by atoms with Crippen molar-refractivity contribution in [1.29, 1.82) is 0 Å². The van der Waals surface area contributed by atoms with E-state index in [1.165, 1.54) is 20.3 Å². The van der Waals surface area contributed by atoms with E-state index >= 15 is 0 Å². The molecule has 1 saturated carbocycles. The van der Waals surface area contributed by atoms with Crippen molar-refractivity contribution in [3.8, 4) is 11.5 Å². The van der Waals surface area contributed by atoms with Gasteiger partial charge in [-0.2, -0.15) is 0 Å². The molecule has 7 heteroatoms. The van der Waals surface area contributed by atoms with Crippen molar-refractivity contribution in [3.63, 3.8) is 0 Å². The quantitative estimate of drug-likeness (QED) is 0.742. The molecule has 0 N–H and O–H groups in total. The number of rotatable bonds is 3. The van der Waals surface area contributed by atoms with E-state index in [1.54, 1.807) is 29.3 Å². The van der Waals surface area contributed by atoms with Gasteiger partial charge in [0.15, 0.2) is 11.5 Å². The topological polar surface area (TPSA) is 74.3 Å². The number of allylic oxidation sites excluding steroid dienone is 2. The van der Waals surface area contributed by atoms with Crippen molar-refractivity contribution in [2.24, 2.45) is 0 Å². The number of benzene rings is 1. The van der Waals surface area contributed by atoms with Gasteiger partial charge < -0.3 is 23.8 Å². The minimum atomic E-state index is -0.651. The van der Waals surface area contributed by atoms with Crippen LogP contribution in [0.3, 0.4) is 0 Å². The summed E-state index contributed by atoms with van der Waals surface area (Å²) in [6.07, 6.45) is 10.4. The maximum absolute atomic E-state index is 12.5. The summed E-state index contributed by atoms with van der Waals surface area (Å²) >= 11 is 0. The average molecular weight is 383 g/mol. The van der Waals surface area contributed by atoms with Gasteiger partial charge in [0.2, 0.25) is 0 Å². The fourth-order valence-corrected chi connectivity index (χ4v) is 3.72. The zero-order valence-electron chi connectivity index (χ0n) is 15.8. The molecule has 146 valence electrons. The third-order valence-corrected chi connectivity index (χ3v) is 5.05. The maximum atomic E-state index is 12.5. The number of hydrogen-bond acceptors (Lipinski definition) is 7. The summed E-state index contributed by atoms with van der Waals surface area (Å²) in [6, 6.07) is 5.43. The third kappa shape index (κ3) is 3.02. The minimum Gasteiger partial charge on any atom is -0.465 e. The van der Waals surface area contributed by atoms with Gasteiger partial charge in [-0.25, -0.2) is 9.59 Å². The number of anilines is 1. The molecule has 0 bridgehead atoms. The SMILES string of the molecule is COC(=O)C1=C(C(=O)OC)N(c2ccc3c(c2)OC2(CCCC2)O3)C=CC=C1. The normalized spacial score (nSPS) is 19.1. The van der Waals surface area contributed by atoms with Crippen molar-refractivity contribution in [3.05, 3.63) is 53.9 Å². The first-order valence-corrected chi connectivity index (χ1v) is 9.14. The van der Waals surface area contributed by atoms with Crippen LogP contribution in [0.1, 0.15) is 25.7 Å². The Morgan fingerprint density at radius 3 is 2.43 bits per heavy atom. The van der Waals surface area contributed by atoms with Crippen molar-refractivity contribution < 1.29 is 28.5 Å². The van der Waals surface area contributed by atoms with E-state index in [2.05, 4.69) is 0 Å². The highest BCUT2D eigenvalue weighted by atomic mass is 16.7. The molecule has 1 aliphatic carbocycles. The summed E-state index contributed by atoms with van der Waals surface area (Å²) < 4.78 is 21.9. The summed E-state index contributed by atoms with van der Waals surface area (Å²) in [6.45, 7) is 0. The molecule has 1 aromatic carbocycles. The summed E-state index contributed by atoms with van der Waals surface area (Å²) in [4.78, 5) is 26.3. The Morgan fingerprint density at radius 2 is 1.71 bits per heavy atom. The lowest BCUT2D eigenvalue weighted by atomic mass is 10.1. The number of nitrogens with zero attached hydrogens (tertiary/aromatic N) is 1. The molecule has 2 aliphatic heterocycles. The molecule has 0 atom stereocenters. The van der Waals surface area contributed by atoms with E-state index < -0.39 is 17.7 Å². The standard InChI is InChI=1S/C21H21NO6/c1-25-19(23)15-7-3-6-12-22(18(15)20(24)26-2)14-8-9-16-17(13-14)28-21(27-16)10-4-5-11-21/h3,6-9,12-13H,4-5,10-11H2,1-2H3. The second-order valence-corrected chi connectivity index (χ2v) is 6.77. The second kappa shape index (κ2) is 7.07. The lowest BCUT2D eigenvalue weighted by molar-refractivity contribution is -0.139. The van der Waals surface area contributed by atoms with Gasteiger partial charge in [-0.3, -0.25) is 0 Å². The first-order valence-electron chi connectivity index (χ1n) is 9.14. The van der Waals surface area contributed by atoms with Crippen LogP contribution in [-0.4, -0.2) is 31.9 Å². The van der Waals surface area contributed by atoms with E-state index in [4.69, 9.17) is 18.9 Å². The Labute approximate surface area is 162 Å². The van der Waals surface area contributed by atoms with Gasteiger partial charge in [0, 0.05) is 30.8 Å². The highest BCUT2D eigenvalue weighted by molar-refractivity contribution is 6.05.